The van der Waals surface area contributed by atoms with Gasteiger partial charge in [-0.2, -0.15) is 0 Å². The lowest BCUT2D eigenvalue weighted by Gasteiger charge is -2.27. The van der Waals surface area contributed by atoms with Crippen molar-refractivity contribution in [3.05, 3.63) is 0 Å². The maximum Gasteiger partial charge on any atom is 0.0880 e. The number of hydrogen-bond donors (Lipinski definition) is 2. The monoisotopic (exact) mass is 234 g/mol. The maximum atomic E-state index is 10.2. The minimum absolute atomic E-state index is 0.0373. The lowest BCUT2D eigenvalue weighted by molar-refractivity contribution is -0.0691. The molecule has 4 heteroatoms. The second kappa shape index (κ2) is 10.0. The fourth-order valence-corrected chi connectivity index (χ4v) is 1.75. The van der Waals surface area contributed by atoms with Gasteiger partial charge >= 0.3 is 0 Å². The van der Waals surface area contributed by atoms with Crippen LogP contribution in [0.5, 0.6) is 0 Å². The van der Waals surface area contributed by atoms with Crippen molar-refractivity contribution in [3.8, 4) is 0 Å². The highest BCUT2D eigenvalue weighted by Gasteiger charge is 2.24. The van der Waals surface area contributed by atoms with Crippen LogP contribution in [0.3, 0.4) is 0 Å². The third-order valence-electron chi connectivity index (χ3n) is 2.41. The average molecular weight is 234 g/mol. The summed E-state index contributed by atoms with van der Waals surface area (Å²) in [4.78, 5) is 0. The Morgan fingerprint density at radius 1 is 0.938 bits per heavy atom. The predicted octanol–water partition coefficient (Wildman–Crippen LogP) is 1.34. The van der Waals surface area contributed by atoms with Gasteiger partial charge in [0.25, 0.3) is 0 Å². The molecule has 0 spiro atoms. The van der Waals surface area contributed by atoms with Crippen molar-refractivity contribution in [1.29, 1.82) is 0 Å². The molecule has 4 nitrogen and oxygen atoms in total. The smallest absolute Gasteiger partial charge is 0.0880 e. The second-order valence-electron chi connectivity index (χ2n) is 4.11. The molecule has 0 amide bonds. The topological polar surface area (TPSA) is 58.9 Å². The fourth-order valence-electron chi connectivity index (χ4n) is 1.75. The normalized spacial score (nSPS) is 12.0. The van der Waals surface area contributed by atoms with Crippen LogP contribution in [0.15, 0.2) is 0 Å². The number of rotatable bonds is 11. The third-order valence-corrected chi connectivity index (χ3v) is 2.41. The molecule has 0 radical (unpaired) electrons. The van der Waals surface area contributed by atoms with E-state index < -0.39 is 5.60 Å². The minimum atomic E-state index is -0.680. The Kier molecular flexibility index (Phi) is 9.92. The van der Waals surface area contributed by atoms with E-state index in [0.717, 1.165) is 25.7 Å². The van der Waals surface area contributed by atoms with Crippen LogP contribution in [-0.2, 0) is 9.47 Å². The van der Waals surface area contributed by atoms with Gasteiger partial charge in [-0.05, 0) is 12.8 Å². The second-order valence-corrected chi connectivity index (χ2v) is 4.11. The van der Waals surface area contributed by atoms with E-state index in [1.54, 1.807) is 0 Å². The van der Waals surface area contributed by atoms with Gasteiger partial charge in [0.05, 0.1) is 38.6 Å². The van der Waals surface area contributed by atoms with E-state index in [2.05, 4.69) is 13.8 Å². The molecule has 0 fully saturated rings. The van der Waals surface area contributed by atoms with E-state index in [4.69, 9.17) is 14.6 Å². The first-order valence-electron chi connectivity index (χ1n) is 6.17. The van der Waals surface area contributed by atoms with Crippen LogP contribution in [0.25, 0.3) is 0 Å². The zero-order valence-corrected chi connectivity index (χ0v) is 10.6. The van der Waals surface area contributed by atoms with E-state index in [0.29, 0.717) is 26.4 Å². The highest BCUT2D eigenvalue weighted by molar-refractivity contribution is 4.76. The molecular weight excluding hydrogens is 208 g/mol. The highest BCUT2D eigenvalue weighted by atomic mass is 16.5. The molecule has 0 saturated carbocycles. The molecule has 0 saturated heterocycles. The summed E-state index contributed by atoms with van der Waals surface area (Å²) in [5.41, 5.74) is -0.680. The van der Waals surface area contributed by atoms with Gasteiger partial charge in [0.15, 0.2) is 0 Å². The lowest BCUT2D eigenvalue weighted by Crippen LogP contribution is -2.34. The molecule has 0 bridgehead atoms. The molecule has 0 aromatic rings. The van der Waals surface area contributed by atoms with Crippen LogP contribution in [0.1, 0.15) is 39.5 Å². The van der Waals surface area contributed by atoms with Crippen molar-refractivity contribution < 1.29 is 19.7 Å². The predicted molar refractivity (Wildman–Crippen MR) is 63.5 cm³/mol. The van der Waals surface area contributed by atoms with Crippen molar-refractivity contribution in [3.63, 3.8) is 0 Å². The van der Waals surface area contributed by atoms with Crippen molar-refractivity contribution in [1.82, 2.24) is 0 Å². The van der Waals surface area contributed by atoms with Crippen LogP contribution in [0.4, 0.5) is 0 Å². The quantitative estimate of drug-likeness (QED) is 0.530. The fraction of sp³-hybridized carbons (Fsp3) is 1.00. The standard InChI is InChI=1S/C12H26O4/c1-3-5-12(14,6-4-2)11-16-10-9-15-8-7-13/h13-14H,3-11H2,1-2H3. The SMILES string of the molecule is CCCC(O)(CCC)COCCOCCO. The van der Waals surface area contributed by atoms with Crippen molar-refractivity contribution in [2.24, 2.45) is 0 Å². The summed E-state index contributed by atoms with van der Waals surface area (Å²) in [6.45, 7) is 5.81. The van der Waals surface area contributed by atoms with Crippen LogP contribution in [0.2, 0.25) is 0 Å². The zero-order chi connectivity index (χ0) is 12.3. The summed E-state index contributed by atoms with van der Waals surface area (Å²) in [6.07, 6.45) is 3.47. The molecule has 0 aromatic heterocycles. The molecule has 0 aliphatic carbocycles. The summed E-state index contributed by atoms with van der Waals surface area (Å²) >= 11 is 0. The van der Waals surface area contributed by atoms with Crippen molar-refractivity contribution in [2.75, 3.05) is 33.0 Å². The molecule has 0 aliphatic heterocycles. The summed E-state index contributed by atoms with van der Waals surface area (Å²) in [5, 5.41) is 18.7. The van der Waals surface area contributed by atoms with Gasteiger partial charge in [-0.3, -0.25) is 0 Å². The molecule has 98 valence electrons. The van der Waals surface area contributed by atoms with Gasteiger partial charge < -0.3 is 19.7 Å². The molecule has 0 atom stereocenters. The Morgan fingerprint density at radius 3 is 2.00 bits per heavy atom. The molecule has 0 unspecified atom stereocenters. The van der Waals surface area contributed by atoms with Crippen molar-refractivity contribution in [2.45, 2.75) is 45.1 Å². The number of aliphatic hydroxyl groups is 2. The summed E-state index contributed by atoms with van der Waals surface area (Å²) in [5.74, 6) is 0. The first kappa shape index (κ1) is 15.8. The number of ether oxygens (including phenoxy) is 2. The van der Waals surface area contributed by atoms with Gasteiger partial charge in [0.1, 0.15) is 0 Å². The number of aliphatic hydroxyl groups excluding tert-OH is 1. The maximum absolute atomic E-state index is 10.2. The summed E-state index contributed by atoms with van der Waals surface area (Å²) < 4.78 is 10.5. The molecule has 2 N–H and O–H groups in total. The Hall–Kier alpha value is -0.160. The van der Waals surface area contributed by atoms with Gasteiger partial charge in [-0.25, -0.2) is 0 Å². The van der Waals surface area contributed by atoms with Crippen LogP contribution in [-0.4, -0.2) is 48.8 Å². The van der Waals surface area contributed by atoms with E-state index in [1.165, 1.54) is 0 Å². The van der Waals surface area contributed by atoms with Crippen molar-refractivity contribution >= 4 is 0 Å². The first-order chi connectivity index (χ1) is 7.68. The van der Waals surface area contributed by atoms with Gasteiger partial charge in [0, 0.05) is 0 Å². The Morgan fingerprint density at radius 2 is 1.50 bits per heavy atom. The van der Waals surface area contributed by atoms with Crippen LogP contribution >= 0.6 is 0 Å². The number of hydrogen-bond acceptors (Lipinski definition) is 4. The minimum Gasteiger partial charge on any atom is -0.394 e. The first-order valence-corrected chi connectivity index (χ1v) is 6.17. The van der Waals surface area contributed by atoms with Crippen LogP contribution < -0.4 is 0 Å². The molecule has 0 rings (SSSR count). The lowest BCUT2D eigenvalue weighted by atomic mass is 9.94. The largest absolute Gasteiger partial charge is 0.394 e. The summed E-state index contributed by atoms with van der Waals surface area (Å²) in [7, 11) is 0. The Balaban J connectivity index is 3.59. The van der Waals surface area contributed by atoms with Gasteiger partial charge in [-0.15, -0.1) is 0 Å². The highest BCUT2D eigenvalue weighted by Crippen LogP contribution is 2.19. The average Bonchev–Trinajstić information content (AvgIpc) is 2.24. The summed E-state index contributed by atoms with van der Waals surface area (Å²) in [6, 6.07) is 0. The Labute approximate surface area is 98.6 Å². The molecular formula is C12H26O4. The van der Waals surface area contributed by atoms with Crippen LogP contribution in [0, 0.1) is 0 Å². The van der Waals surface area contributed by atoms with E-state index >= 15 is 0 Å². The molecule has 0 aliphatic rings. The molecule has 0 aromatic carbocycles. The van der Waals surface area contributed by atoms with E-state index in [-0.39, 0.29) is 6.61 Å². The van der Waals surface area contributed by atoms with E-state index in [1.807, 2.05) is 0 Å². The van der Waals surface area contributed by atoms with E-state index in [9.17, 15) is 5.11 Å². The molecule has 16 heavy (non-hydrogen) atoms. The van der Waals surface area contributed by atoms with Gasteiger partial charge in [-0.1, -0.05) is 26.7 Å². The molecule has 0 heterocycles. The van der Waals surface area contributed by atoms with Gasteiger partial charge in [0.2, 0.25) is 0 Å². The Bertz CT molecular complexity index is 144. The third kappa shape index (κ3) is 8.05. The zero-order valence-electron chi connectivity index (χ0n) is 10.6.